The molecule has 0 bridgehead atoms. The highest BCUT2D eigenvalue weighted by atomic mass is 19.1. The summed E-state index contributed by atoms with van der Waals surface area (Å²) in [4.78, 5) is 39.6. The number of ether oxygens (including phenoxy) is 1. The Morgan fingerprint density at radius 3 is 2.26 bits per heavy atom. The van der Waals surface area contributed by atoms with Gasteiger partial charge in [-0.25, -0.2) is 9.29 Å². The quantitative estimate of drug-likeness (QED) is 0.661. The van der Waals surface area contributed by atoms with Crippen LogP contribution in [0.4, 0.5) is 10.1 Å². The number of carbonyl (C=O) groups excluding carboxylic acids is 3. The van der Waals surface area contributed by atoms with Crippen LogP contribution in [0.15, 0.2) is 54.6 Å². The van der Waals surface area contributed by atoms with Crippen molar-refractivity contribution in [1.82, 2.24) is 5.32 Å². The van der Waals surface area contributed by atoms with Crippen molar-refractivity contribution in [2.45, 2.75) is 12.1 Å². The number of halogens is 1. The molecule has 0 saturated carbocycles. The second-order valence-electron chi connectivity index (χ2n) is 6.60. The maximum absolute atomic E-state index is 13.3. The Bertz CT molecular complexity index is 900. The first-order chi connectivity index (χ1) is 13.0. The van der Waals surface area contributed by atoms with Gasteiger partial charge >= 0.3 is 5.97 Å². The number of esters is 1. The van der Waals surface area contributed by atoms with E-state index in [9.17, 15) is 18.8 Å². The Morgan fingerprint density at radius 2 is 1.63 bits per heavy atom. The fourth-order valence-corrected chi connectivity index (χ4v) is 3.96. The third-order valence-corrected chi connectivity index (χ3v) is 5.17. The number of amides is 2. The van der Waals surface area contributed by atoms with E-state index in [2.05, 4.69) is 5.32 Å². The first kappa shape index (κ1) is 17.4. The van der Waals surface area contributed by atoms with E-state index < -0.39 is 41.6 Å². The maximum Gasteiger partial charge on any atom is 0.323 e. The number of hydrogen-bond acceptors (Lipinski definition) is 5. The topological polar surface area (TPSA) is 75.7 Å². The lowest BCUT2D eigenvalue weighted by Gasteiger charge is -2.21. The first-order valence-electron chi connectivity index (χ1n) is 8.55. The Hall–Kier alpha value is -3.06. The van der Waals surface area contributed by atoms with Crippen molar-refractivity contribution in [2.24, 2.45) is 11.8 Å². The predicted octanol–water partition coefficient (Wildman–Crippen LogP) is 1.82. The normalized spacial score (nSPS) is 27.0. The van der Waals surface area contributed by atoms with Crippen LogP contribution in [0.3, 0.4) is 0 Å². The van der Waals surface area contributed by atoms with Gasteiger partial charge in [0.25, 0.3) is 0 Å². The Labute approximate surface area is 154 Å². The zero-order chi connectivity index (χ0) is 19.1. The molecule has 2 fully saturated rings. The molecule has 2 aromatic carbocycles. The molecule has 0 unspecified atom stereocenters. The van der Waals surface area contributed by atoms with E-state index in [1.165, 1.54) is 19.2 Å². The minimum atomic E-state index is -0.944. The monoisotopic (exact) mass is 368 g/mol. The molecule has 2 saturated heterocycles. The molecule has 2 heterocycles. The van der Waals surface area contributed by atoms with E-state index >= 15 is 0 Å². The minimum absolute atomic E-state index is 0.385. The summed E-state index contributed by atoms with van der Waals surface area (Å²) in [6.07, 6.45) is 0. The van der Waals surface area contributed by atoms with Crippen LogP contribution in [0.5, 0.6) is 0 Å². The highest BCUT2D eigenvalue weighted by Gasteiger charge is 2.61. The molecule has 0 aliphatic carbocycles. The molecular weight excluding hydrogens is 351 g/mol. The van der Waals surface area contributed by atoms with E-state index in [1.54, 1.807) is 42.5 Å². The van der Waals surface area contributed by atoms with E-state index in [-0.39, 0.29) is 5.91 Å². The molecule has 7 heteroatoms. The minimum Gasteiger partial charge on any atom is -0.468 e. The molecule has 0 radical (unpaired) electrons. The third kappa shape index (κ3) is 2.71. The summed E-state index contributed by atoms with van der Waals surface area (Å²) >= 11 is 0. The van der Waals surface area contributed by atoms with E-state index in [1.807, 2.05) is 0 Å². The number of para-hydroxylation sites is 1. The van der Waals surface area contributed by atoms with E-state index in [4.69, 9.17) is 4.74 Å². The Balaban J connectivity index is 1.77. The van der Waals surface area contributed by atoms with Crippen LogP contribution < -0.4 is 10.2 Å². The van der Waals surface area contributed by atoms with Gasteiger partial charge in [-0.15, -0.1) is 0 Å². The number of benzene rings is 2. The number of carbonyl (C=O) groups is 3. The van der Waals surface area contributed by atoms with Crippen molar-refractivity contribution in [2.75, 3.05) is 12.0 Å². The average Bonchev–Trinajstić information content (AvgIpc) is 3.20. The standard InChI is InChI=1S/C20H17FN2O4/c1-27-20(26)17-15-14(16(22-17)11-7-9-12(21)10-8-11)18(24)23(19(15)25)13-5-3-2-4-6-13/h2-10,14-17,22H,1H3/t14-,15+,16-,17-/m0/s1. The largest absolute Gasteiger partial charge is 0.468 e. The van der Waals surface area contributed by atoms with Crippen molar-refractivity contribution in [1.29, 1.82) is 0 Å². The molecular formula is C20H17FN2O4. The van der Waals surface area contributed by atoms with E-state index in [0.717, 1.165) is 4.90 Å². The van der Waals surface area contributed by atoms with Crippen molar-refractivity contribution in [3.05, 3.63) is 66.0 Å². The van der Waals surface area contributed by atoms with Crippen LogP contribution in [-0.4, -0.2) is 30.9 Å². The molecule has 0 spiro atoms. The number of fused-ring (bicyclic) bond motifs is 1. The predicted molar refractivity (Wildman–Crippen MR) is 94.0 cm³/mol. The number of nitrogens with one attached hydrogen (secondary N) is 1. The summed E-state index contributed by atoms with van der Waals surface area (Å²) in [6.45, 7) is 0. The van der Waals surface area contributed by atoms with Gasteiger partial charge in [0, 0.05) is 6.04 Å². The van der Waals surface area contributed by atoms with Crippen LogP contribution in [-0.2, 0) is 19.1 Å². The van der Waals surface area contributed by atoms with Gasteiger partial charge in [0.05, 0.1) is 24.6 Å². The summed E-state index contributed by atoms with van der Waals surface area (Å²) < 4.78 is 18.1. The summed E-state index contributed by atoms with van der Waals surface area (Å²) in [6, 6.07) is 12.7. The first-order valence-corrected chi connectivity index (χ1v) is 8.55. The number of anilines is 1. The molecule has 1 N–H and O–H groups in total. The molecule has 4 rings (SSSR count). The zero-order valence-electron chi connectivity index (χ0n) is 14.5. The number of methoxy groups -OCH3 is 1. The Morgan fingerprint density at radius 1 is 1.00 bits per heavy atom. The van der Waals surface area contributed by atoms with Gasteiger partial charge in [-0.05, 0) is 29.8 Å². The van der Waals surface area contributed by atoms with Gasteiger partial charge in [0.1, 0.15) is 11.9 Å². The SMILES string of the molecule is COC(=O)[C@H]1N[C@@H](c2ccc(F)cc2)[C@H]2C(=O)N(c3ccccc3)C(=O)[C@H]21. The zero-order valence-corrected chi connectivity index (χ0v) is 14.5. The molecule has 0 aromatic heterocycles. The maximum atomic E-state index is 13.3. The summed E-state index contributed by atoms with van der Waals surface area (Å²) in [7, 11) is 1.24. The van der Waals surface area contributed by atoms with Gasteiger partial charge < -0.3 is 4.74 Å². The van der Waals surface area contributed by atoms with Gasteiger partial charge in [-0.3, -0.25) is 19.7 Å². The van der Waals surface area contributed by atoms with Gasteiger partial charge in [-0.2, -0.15) is 0 Å². The van der Waals surface area contributed by atoms with Crippen LogP contribution in [0.25, 0.3) is 0 Å². The van der Waals surface area contributed by atoms with Crippen molar-refractivity contribution < 1.29 is 23.5 Å². The van der Waals surface area contributed by atoms with Crippen molar-refractivity contribution in [3.63, 3.8) is 0 Å². The van der Waals surface area contributed by atoms with Crippen LogP contribution in [0.1, 0.15) is 11.6 Å². The van der Waals surface area contributed by atoms with Gasteiger partial charge in [-0.1, -0.05) is 30.3 Å². The fraction of sp³-hybridized carbons (Fsp3) is 0.250. The highest BCUT2D eigenvalue weighted by molar-refractivity contribution is 6.23. The molecule has 2 aliphatic rings. The fourth-order valence-electron chi connectivity index (χ4n) is 3.96. The molecule has 2 aromatic rings. The number of nitrogens with zero attached hydrogens (tertiary/aromatic N) is 1. The number of rotatable bonds is 3. The summed E-state index contributed by atoms with van der Waals surface area (Å²) in [5.41, 5.74) is 1.09. The molecule has 4 atom stereocenters. The summed E-state index contributed by atoms with van der Waals surface area (Å²) in [5, 5.41) is 3.05. The lowest BCUT2D eigenvalue weighted by molar-refractivity contribution is -0.145. The third-order valence-electron chi connectivity index (χ3n) is 5.17. The van der Waals surface area contributed by atoms with Crippen molar-refractivity contribution >= 4 is 23.5 Å². The highest BCUT2D eigenvalue weighted by Crippen LogP contribution is 2.45. The smallest absolute Gasteiger partial charge is 0.323 e. The molecule has 2 amide bonds. The van der Waals surface area contributed by atoms with Crippen LogP contribution in [0.2, 0.25) is 0 Å². The Kier molecular flexibility index (Phi) is 4.24. The lowest BCUT2D eigenvalue weighted by Crippen LogP contribution is -2.43. The second kappa shape index (κ2) is 6.59. The van der Waals surface area contributed by atoms with E-state index in [0.29, 0.717) is 11.3 Å². The van der Waals surface area contributed by atoms with Gasteiger partial charge in [0.2, 0.25) is 11.8 Å². The second-order valence-corrected chi connectivity index (χ2v) is 6.60. The summed E-state index contributed by atoms with van der Waals surface area (Å²) in [5.74, 6) is -3.48. The van der Waals surface area contributed by atoms with Gasteiger partial charge in [0.15, 0.2) is 0 Å². The molecule has 2 aliphatic heterocycles. The number of imide groups is 1. The van der Waals surface area contributed by atoms with Crippen molar-refractivity contribution in [3.8, 4) is 0 Å². The molecule has 27 heavy (non-hydrogen) atoms. The molecule has 6 nitrogen and oxygen atoms in total. The average molecular weight is 368 g/mol. The van der Waals surface area contributed by atoms with Crippen LogP contribution >= 0.6 is 0 Å². The number of hydrogen-bond donors (Lipinski definition) is 1. The lowest BCUT2D eigenvalue weighted by atomic mass is 9.86. The van der Waals surface area contributed by atoms with Crippen LogP contribution in [0, 0.1) is 17.7 Å². The molecule has 138 valence electrons.